The minimum Gasteiger partial charge on any atom is -0.494 e. The van der Waals surface area contributed by atoms with E-state index in [4.69, 9.17) is 16.3 Å². The van der Waals surface area contributed by atoms with Crippen molar-refractivity contribution in [2.45, 2.75) is 44.6 Å². The Morgan fingerprint density at radius 2 is 1.67 bits per heavy atom. The topological polar surface area (TPSA) is 173 Å². The maximum Gasteiger partial charge on any atom is 0.253 e. The number of carbonyl (C=O) groups excluding carboxylic acids is 4. The minimum absolute atomic E-state index is 0.156. The van der Waals surface area contributed by atoms with Crippen LogP contribution in [0.1, 0.15) is 54.4 Å². The van der Waals surface area contributed by atoms with Crippen molar-refractivity contribution in [3.8, 4) is 5.75 Å². The molecule has 3 aliphatic rings. The summed E-state index contributed by atoms with van der Waals surface area (Å²) >= 11 is 6.46. The molecule has 1 unspecified atom stereocenters. The first-order valence-electron chi connectivity index (χ1n) is 19.7. The molecule has 1 aromatic heterocycles. The lowest BCUT2D eigenvalue weighted by Gasteiger charge is -2.38. The first-order valence-corrected chi connectivity index (χ1v) is 20.1. The lowest BCUT2D eigenvalue weighted by atomic mass is 9.89. The molecular formula is C42H49ClN10O5. The van der Waals surface area contributed by atoms with Crippen molar-refractivity contribution in [3.05, 3.63) is 89.1 Å². The normalized spacial score (nSPS) is 17.7. The molecule has 5 N–H and O–H groups in total. The van der Waals surface area contributed by atoms with Crippen LogP contribution in [0.15, 0.2) is 72.9 Å². The Labute approximate surface area is 342 Å². The predicted octanol–water partition coefficient (Wildman–Crippen LogP) is 5.12. The number of aromatic nitrogens is 2. The Kier molecular flexibility index (Phi) is 12.9. The van der Waals surface area contributed by atoms with Gasteiger partial charge >= 0.3 is 0 Å². The zero-order valence-corrected chi connectivity index (χ0v) is 33.5. The number of hydrogen-bond acceptors (Lipinski definition) is 12. The Balaban J connectivity index is 0.878. The summed E-state index contributed by atoms with van der Waals surface area (Å²) in [6.45, 7) is 7.17. The summed E-state index contributed by atoms with van der Waals surface area (Å²) in [6, 6.07) is 20.8. The number of carbonyl (C=O) groups is 4. The van der Waals surface area contributed by atoms with E-state index in [2.05, 4.69) is 58.5 Å². The summed E-state index contributed by atoms with van der Waals surface area (Å²) in [6.07, 6.45) is 4.28. The van der Waals surface area contributed by atoms with Gasteiger partial charge < -0.3 is 35.8 Å². The first kappa shape index (κ1) is 40.3. The molecule has 304 valence electrons. The van der Waals surface area contributed by atoms with Gasteiger partial charge in [0.2, 0.25) is 23.7 Å². The van der Waals surface area contributed by atoms with Gasteiger partial charge in [0.25, 0.3) is 5.91 Å². The van der Waals surface area contributed by atoms with E-state index >= 15 is 0 Å². The number of piperazine rings is 1. The van der Waals surface area contributed by atoms with E-state index in [0.717, 1.165) is 37.3 Å². The van der Waals surface area contributed by atoms with Crippen molar-refractivity contribution >= 4 is 69.7 Å². The molecule has 4 amide bonds. The van der Waals surface area contributed by atoms with Gasteiger partial charge in [-0.2, -0.15) is 4.98 Å². The maximum absolute atomic E-state index is 13.4. The lowest BCUT2D eigenvalue weighted by Crippen LogP contribution is -2.51. The van der Waals surface area contributed by atoms with E-state index in [1.54, 1.807) is 25.3 Å². The SMILES string of the molecule is CCNC(=O)c1ccccc1Nc1nc(Nc2ccc(N3CCN(C(=O)CN4CCC(c5ccc(NC6CCC(=O)NC6=O)cc5)CC4)CC3)cc2OC)ncc1Cl. The number of anilines is 6. The van der Waals surface area contributed by atoms with Gasteiger partial charge in [-0.3, -0.25) is 29.4 Å². The third-order valence-corrected chi connectivity index (χ3v) is 11.1. The van der Waals surface area contributed by atoms with Gasteiger partial charge in [-0.15, -0.1) is 0 Å². The third kappa shape index (κ3) is 9.77. The van der Waals surface area contributed by atoms with Crippen LogP contribution in [0, 0.1) is 0 Å². The van der Waals surface area contributed by atoms with Crippen LogP contribution >= 0.6 is 11.6 Å². The Bertz CT molecular complexity index is 2120. The number of benzene rings is 3. The van der Waals surface area contributed by atoms with Crippen LogP contribution < -0.4 is 36.2 Å². The van der Waals surface area contributed by atoms with Gasteiger partial charge in [0, 0.05) is 56.6 Å². The van der Waals surface area contributed by atoms with Crippen molar-refractivity contribution in [2.24, 2.45) is 0 Å². The van der Waals surface area contributed by atoms with E-state index in [-0.39, 0.29) is 23.6 Å². The summed E-state index contributed by atoms with van der Waals surface area (Å²) in [5.41, 5.74) is 4.80. The van der Waals surface area contributed by atoms with Crippen molar-refractivity contribution in [1.29, 1.82) is 0 Å². The Morgan fingerprint density at radius 1 is 0.914 bits per heavy atom. The molecule has 1 atom stereocenters. The number of imide groups is 1. The zero-order valence-electron chi connectivity index (χ0n) is 32.7. The molecule has 7 rings (SSSR count). The molecule has 15 nitrogen and oxygen atoms in total. The number of nitrogens with zero attached hydrogens (tertiary/aromatic N) is 5. The molecule has 0 radical (unpaired) electrons. The molecule has 0 bridgehead atoms. The summed E-state index contributed by atoms with van der Waals surface area (Å²) in [7, 11) is 1.61. The molecule has 3 aliphatic heterocycles. The van der Waals surface area contributed by atoms with Gasteiger partial charge in [0.15, 0.2) is 5.82 Å². The Hall–Kier alpha value is -5.93. The van der Waals surface area contributed by atoms with Crippen molar-refractivity contribution in [2.75, 3.05) is 80.3 Å². The highest BCUT2D eigenvalue weighted by molar-refractivity contribution is 6.33. The number of rotatable bonds is 13. The van der Waals surface area contributed by atoms with Crippen molar-refractivity contribution < 1.29 is 23.9 Å². The second kappa shape index (κ2) is 18.6. The van der Waals surface area contributed by atoms with E-state index in [1.807, 2.05) is 48.2 Å². The van der Waals surface area contributed by atoms with Crippen LogP contribution in [0.4, 0.5) is 34.5 Å². The van der Waals surface area contributed by atoms with Gasteiger partial charge in [-0.05, 0) is 87.2 Å². The molecule has 0 spiro atoms. The summed E-state index contributed by atoms with van der Waals surface area (Å²) in [5.74, 6) is 1.11. The van der Waals surface area contributed by atoms with Crippen LogP contribution in [0.25, 0.3) is 0 Å². The Morgan fingerprint density at radius 3 is 2.40 bits per heavy atom. The quantitative estimate of drug-likeness (QED) is 0.113. The van der Waals surface area contributed by atoms with Crippen LogP contribution in [-0.2, 0) is 14.4 Å². The highest BCUT2D eigenvalue weighted by Crippen LogP contribution is 2.34. The molecular weight excluding hydrogens is 760 g/mol. The van der Waals surface area contributed by atoms with Crippen LogP contribution in [0.5, 0.6) is 5.75 Å². The van der Waals surface area contributed by atoms with Crippen molar-refractivity contribution in [3.63, 3.8) is 0 Å². The summed E-state index contributed by atoms with van der Waals surface area (Å²) < 4.78 is 5.76. The fourth-order valence-corrected chi connectivity index (χ4v) is 7.74. The molecule has 3 fully saturated rings. The van der Waals surface area contributed by atoms with E-state index < -0.39 is 6.04 Å². The predicted molar refractivity (Wildman–Crippen MR) is 224 cm³/mol. The molecule has 4 heterocycles. The van der Waals surface area contributed by atoms with Gasteiger partial charge in [-0.25, -0.2) is 4.98 Å². The average Bonchev–Trinajstić information content (AvgIpc) is 3.24. The fourth-order valence-electron chi connectivity index (χ4n) is 7.60. The van der Waals surface area contributed by atoms with E-state index in [0.29, 0.717) is 97.5 Å². The molecule has 0 saturated carbocycles. The number of ether oxygens (including phenoxy) is 1. The minimum atomic E-state index is -0.402. The number of piperidine rings is 2. The van der Waals surface area contributed by atoms with Gasteiger partial charge in [-0.1, -0.05) is 35.9 Å². The standard InChI is InChI=1S/C42H49ClN10O5/c1-3-44-40(56)31-6-4-5-7-33(31)47-39-32(43)25-45-42(50-39)48-34-13-12-30(24-36(34)58-2)52-20-22-53(23-21-52)38(55)26-51-18-16-28(17-19-51)27-8-10-29(11-9-27)46-35-14-15-37(54)49-41(35)57/h4-13,24-25,28,35,46H,3,14-23,26H2,1-2H3,(H,44,56)(H,49,54,57)(H2,45,47,48,50). The smallest absolute Gasteiger partial charge is 0.253 e. The average molecular weight is 809 g/mol. The fraction of sp³-hybridized carbons (Fsp3) is 0.381. The summed E-state index contributed by atoms with van der Waals surface area (Å²) in [4.78, 5) is 65.0. The molecule has 0 aliphatic carbocycles. The van der Waals surface area contributed by atoms with Crippen LogP contribution in [0.2, 0.25) is 5.02 Å². The number of methoxy groups -OCH3 is 1. The molecule has 3 saturated heterocycles. The first-order chi connectivity index (χ1) is 28.2. The number of hydrogen-bond donors (Lipinski definition) is 5. The molecule has 16 heteroatoms. The zero-order chi connectivity index (χ0) is 40.6. The van der Waals surface area contributed by atoms with Crippen LogP contribution in [-0.4, -0.2) is 109 Å². The van der Waals surface area contributed by atoms with Gasteiger partial charge in [0.05, 0.1) is 36.8 Å². The maximum atomic E-state index is 13.4. The lowest BCUT2D eigenvalue weighted by molar-refractivity contribution is -0.134. The number of likely N-dealkylation sites (tertiary alicyclic amines) is 1. The number of para-hydroxylation sites is 1. The highest BCUT2D eigenvalue weighted by Gasteiger charge is 2.28. The van der Waals surface area contributed by atoms with E-state index in [9.17, 15) is 19.2 Å². The summed E-state index contributed by atoms with van der Waals surface area (Å²) in [5, 5.41) is 15.1. The van der Waals surface area contributed by atoms with Crippen molar-refractivity contribution in [1.82, 2.24) is 30.4 Å². The molecule has 4 aromatic rings. The van der Waals surface area contributed by atoms with Gasteiger partial charge in [0.1, 0.15) is 16.8 Å². The second-order valence-electron chi connectivity index (χ2n) is 14.6. The number of nitrogens with one attached hydrogen (secondary N) is 5. The van der Waals surface area contributed by atoms with Crippen LogP contribution in [0.3, 0.4) is 0 Å². The number of amides is 4. The largest absolute Gasteiger partial charge is 0.494 e. The van der Waals surface area contributed by atoms with E-state index in [1.165, 1.54) is 11.8 Å². The number of halogens is 1. The molecule has 3 aromatic carbocycles. The monoisotopic (exact) mass is 808 g/mol. The molecule has 58 heavy (non-hydrogen) atoms. The second-order valence-corrected chi connectivity index (χ2v) is 15.0. The third-order valence-electron chi connectivity index (χ3n) is 10.8. The highest BCUT2D eigenvalue weighted by atomic mass is 35.5.